The van der Waals surface area contributed by atoms with E-state index in [-0.39, 0.29) is 10.8 Å². The smallest absolute Gasteiger partial charge is 0.241 e. The summed E-state index contributed by atoms with van der Waals surface area (Å²) in [5.41, 5.74) is 4.13. The minimum atomic E-state index is -3.78. The number of hydrogen-bond donors (Lipinski definition) is 2. The van der Waals surface area contributed by atoms with Gasteiger partial charge in [-0.15, -0.1) is 0 Å². The number of benzene rings is 2. The van der Waals surface area contributed by atoms with Gasteiger partial charge in [0.1, 0.15) is 0 Å². The first-order valence-corrected chi connectivity index (χ1v) is 12.0. The number of aryl methyl sites for hydroxylation is 2. The van der Waals surface area contributed by atoms with E-state index < -0.39 is 14.6 Å². The molecule has 3 aromatic rings. The van der Waals surface area contributed by atoms with Crippen LogP contribution in [-0.2, 0) is 21.1 Å². The minimum Gasteiger partial charge on any atom is -0.361 e. The summed E-state index contributed by atoms with van der Waals surface area (Å²) in [6.07, 6.45) is 4.85. The van der Waals surface area contributed by atoms with Crippen molar-refractivity contribution >= 4 is 26.6 Å². The lowest BCUT2D eigenvalue weighted by Gasteiger charge is -2.28. The number of hydrogen-bond acceptors (Lipinski definition) is 3. The molecule has 0 aliphatic heterocycles. The molecule has 2 aromatic carbocycles. The Morgan fingerprint density at radius 1 is 1.07 bits per heavy atom. The van der Waals surface area contributed by atoms with Gasteiger partial charge in [-0.2, -0.15) is 0 Å². The lowest BCUT2D eigenvalue weighted by molar-refractivity contribution is -0.123. The van der Waals surface area contributed by atoms with Gasteiger partial charge in [-0.25, -0.2) is 8.42 Å². The van der Waals surface area contributed by atoms with Gasteiger partial charge in [0.15, 0.2) is 14.6 Å². The van der Waals surface area contributed by atoms with Crippen molar-refractivity contribution in [2.24, 2.45) is 0 Å². The molecule has 4 rings (SSSR count). The van der Waals surface area contributed by atoms with Gasteiger partial charge in [-0.3, -0.25) is 4.79 Å². The number of para-hydroxylation sites is 1. The fraction of sp³-hybridized carbons (Fsp3) is 0.375. The van der Waals surface area contributed by atoms with Gasteiger partial charge in [-0.1, -0.05) is 37.1 Å². The number of aromatic amines is 1. The van der Waals surface area contributed by atoms with Crippen LogP contribution in [0.2, 0.25) is 0 Å². The quantitative estimate of drug-likeness (QED) is 0.621. The summed E-state index contributed by atoms with van der Waals surface area (Å²) < 4.78 is 25.8. The predicted molar refractivity (Wildman–Crippen MR) is 119 cm³/mol. The maximum atomic E-state index is 13.6. The number of nitrogens with one attached hydrogen (secondary N) is 2. The second-order valence-corrected chi connectivity index (χ2v) is 10.6. The highest BCUT2D eigenvalue weighted by Gasteiger charge is 2.52. The molecule has 1 saturated carbocycles. The molecule has 158 valence electrons. The number of carbonyl (C=O) groups excluding carboxylic acids is 1. The molecule has 2 N–H and O–H groups in total. The van der Waals surface area contributed by atoms with E-state index in [1.165, 1.54) is 0 Å². The molecule has 1 fully saturated rings. The molecule has 6 heteroatoms. The lowest BCUT2D eigenvalue weighted by atomic mass is 10.1. The van der Waals surface area contributed by atoms with E-state index in [0.29, 0.717) is 25.8 Å². The van der Waals surface area contributed by atoms with Crippen LogP contribution in [0, 0.1) is 13.8 Å². The number of aromatic nitrogens is 1. The SMILES string of the molecule is Cc1ccc(S(=O)(=O)C2(C(=O)NCCc3c[nH]c4ccccc34)CCCC2)cc1C. The van der Waals surface area contributed by atoms with E-state index >= 15 is 0 Å². The van der Waals surface area contributed by atoms with Gasteiger partial charge in [0.25, 0.3) is 0 Å². The Labute approximate surface area is 177 Å². The Kier molecular flexibility index (Phi) is 5.45. The molecule has 1 aliphatic rings. The maximum Gasteiger partial charge on any atom is 0.241 e. The van der Waals surface area contributed by atoms with Crippen molar-refractivity contribution in [2.45, 2.75) is 55.6 Å². The third kappa shape index (κ3) is 3.43. The van der Waals surface area contributed by atoms with Crippen molar-refractivity contribution in [3.63, 3.8) is 0 Å². The highest BCUT2D eigenvalue weighted by Crippen LogP contribution is 2.41. The fourth-order valence-electron chi connectivity index (χ4n) is 4.48. The molecule has 0 saturated heterocycles. The van der Waals surface area contributed by atoms with E-state index in [0.717, 1.165) is 40.4 Å². The van der Waals surface area contributed by atoms with E-state index in [1.54, 1.807) is 12.1 Å². The summed E-state index contributed by atoms with van der Waals surface area (Å²) in [5, 5.41) is 4.07. The molecule has 1 amide bonds. The summed E-state index contributed by atoms with van der Waals surface area (Å²) in [4.78, 5) is 16.7. The molecule has 30 heavy (non-hydrogen) atoms. The zero-order valence-corrected chi connectivity index (χ0v) is 18.3. The van der Waals surface area contributed by atoms with E-state index in [9.17, 15) is 13.2 Å². The Balaban J connectivity index is 1.54. The van der Waals surface area contributed by atoms with Gasteiger partial charge in [0.05, 0.1) is 4.90 Å². The monoisotopic (exact) mass is 424 g/mol. The standard InChI is InChI=1S/C24H28N2O3S/c1-17-9-10-20(15-18(17)2)30(28,29)24(12-5-6-13-24)23(27)25-14-11-19-16-26-22-8-4-3-7-21(19)22/h3-4,7-10,15-16,26H,5-6,11-14H2,1-2H3,(H,25,27). The maximum absolute atomic E-state index is 13.6. The number of rotatable bonds is 6. The van der Waals surface area contributed by atoms with Crippen LogP contribution in [0.25, 0.3) is 10.9 Å². The molecule has 0 radical (unpaired) electrons. The van der Waals surface area contributed by atoms with E-state index in [1.807, 2.05) is 50.4 Å². The molecular formula is C24H28N2O3S. The average molecular weight is 425 g/mol. The molecular weight excluding hydrogens is 396 g/mol. The number of carbonyl (C=O) groups is 1. The number of amides is 1. The Morgan fingerprint density at radius 2 is 1.80 bits per heavy atom. The molecule has 1 heterocycles. The first-order chi connectivity index (χ1) is 14.3. The van der Waals surface area contributed by atoms with Crippen molar-refractivity contribution in [2.75, 3.05) is 6.54 Å². The van der Waals surface area contributed by atoms with Crippen molar-refractivity contribution in [1.29, 1.82) is 0 Å². The van der Waals surface area contributed by atoms with Gasteiger partial charge >= 0.3 is 0 Å². The first-order valence-electron chi connectivity index (χ1n) is 10.5. The van der Waals surface area contributed by atoms with E-state index in [2.05, 4.69) is 10.3 Å². The lowest BCUT2D eigenvalue weighted by Crippen LogP contribution is -2.51. The third-order valence-corrected chi connectivity index (χ3v) is 8.98. The van der Waals surface area contributed by atoms with Gasteiger partial charge in [0, 0.05) is 23.6 Å². The summed E-state index contributed by atoms with van der Waals surface area (Å²) in [6.45, 7) is 4.26. The minimum absolute atomic E-state index is 0.249. The first kappa shape index (κ1) is 20.7. The van der Waals surface area contributed by atoms with Crippen molar-refractivity contribution in [3.8, 4) is 0 Å². The zero-order valence-electron chi connectivity index (χ0n) is 17.5. The normalized spacial score (nSPS) is 16.1. The molecule has 0 unspecified atom stereocenters. The second-order valence-electron chi connectivity index (χ2n) is 8.32. The zero-order chi connectivity index (χ0) is 21.4. The van der Waals surface area contributed by atoms with E-state index in [4.69, 9.17) is 0 Å². The molecule has 0 atom stereocenters. The Hall–Kier alpha value is -2.60. The summed E-state index contributed by atoms with van der Waals surface area (Å²) in [6, 6.07) is 13.2. The van der Waals surface area contributed by atoms with Crippen LogP contribution in [0.15, 0.2) is 53.6 Å². The molecule has 0 bridgehead atoms. The highest BCUT2D eigenvalue weighted by atomic mass is 32.2. The second kappa shape index (κ2) is 7.91. The van der Waals surface area contributed by atoms with Crippen LogP contribution >= 0.6 is 0 Å². The highest BCUT2D eigenvalue weighted by molar-refractivity contribution is 7.93. The van der Waals surface area contributed by atoms with Crippen LogP contribution in [0.1, 0.15) is 42.4 Å². The Bertz CT molecular complexity index is 1190. The van der Waals surface area contributed by atoms with Crippen LogP contribution in [-0.4, -0.2) is 30.6 Å². The topological polar surface area (TPSA) is 79.0 Å². The van der Waals surface area contributed by atoms with Crippen LogP contribution < -0.4 is 5.32 Å². The number of H-pyrrole nitrogens is 1. The molecule has 1 aromatic heterocycles. The summed E-state index contributed by atoms with van der Waals surface area (Å²) >= 11 is 0. The number of fused-ring (bicyclic) bond motifs is 1. The van der Waals surface area contributed by atoms with Gasteiger partial charge < -0.3 is 10.3 Å². The van der Waals surface area contributed by atoms with Crippen LogP contribution in [0.4, 0.5) is 0 Å². The third-order valence-electron chi connectivity index (χ3n) is 6.48. The van der Waals surface area contributed by atoms with Crippen LogP contribution in [0.5, 0.6) is 0 Å². The van der Waals surface area contributed by atoms with Crippen LogP contribution in [0.3, 0.4) is 0 Å². The van der Waals surface area contributed by atoms with Gasteiger partial charge in [-0.05, 0) is 68.0 Å². The van der Waals surface area contributed by atoms with Crippen molar-refractivity contribution in [1.82, 2.24) is 10.3 Å². The summed E-state index contributed by atoms with van der Waals surface area (Å²) in [5.74, 6) is -0.363. The Morgan fingerprint density at radius 3 is 2.53 bits per heavy atom. The number of sulfone groups is 1. The van der Waals surface area contributed by atoms with Crippen molar-refractivity contribution in [3.05, 3.63) is 65.4 Å². The van der Waals surface area contributed by atoms with Crippen molar-refractivity contribution < 1.29 is 13.2 Å². The fourth-order valence-corrected chi connectivity index (χ4v) is 6.65. The molecule has 5 nitrogen and oxygen atoms in total. The van der Waals surface area contributed by atoms with Gasteiger partial charge in [0.2, 0.25) is 5.91 Å². The largest absolute Gasteiger partial charge is 0.361 e. The molecule has 0 spiro atoms. The average Bonchev–Trinajstić information content (AvgIpc) is 3.38. The predicted octanol–water partition coefficient (Wildman–Crippen LogP) is 4.23. The summed E-state index contributed by atoms with van der Waals surface area (Å²) in [7, 11) is -3.78. The molecule has 1 aliphatic carbocycles.